The molecule has 4 N–H and O–H groups in total. The van der Waals surface area contributed by atoms with E-state index >= 15 is 0 Å². The molecular weight excluding hydrogens is 532 g/mol. The number of aliphatic hydroxyl groups excluding tert-OH is 2. The van der Waals surface area contributed by atoms with Crippen molar-refractivity contribution in [3.05, 3.63) is 82.1 Å². The van der Waals surface area contributed by atoms with Gasteiger partial charge in [0.1, 0.15) is 22.8 Å². The zero-order valence-electron chi connectivity index (χ0n) is 25.0. The summed E-state index contributed by atoms with van der Waals surface area (Å²) in [7, 11) is 0. The predicted molar refractivity (Wildman–Crippen MR) is 160 cm³/mol. The number of allylic oxidation sites excluding steroid dienone is 2. The van der Waals surface area contributed by atoms with Crippen molar-refractivity contribution in [1.82, 2.24) is 0 Å². The van der Waals surface area contributed by atoms with Crippen LogP contribution in [-0.4, -0.2) is 43.4 Å². The summed E-state index contributed by atoms with van der Waals surface area (Å²) >= 11 is 0. The summed E-state index contributed by atoms with van der Waals surface area (Å²) in [5, 5.41) is 46.1. The molecule has 1 fully saturated rings. The third kappa shape index (κ3) is 3.86. The maximum atomic E-state index is 14.4. The summed E-state index contributed by atoms with van der Waals surface area (Å²) in [6.45, 7) is 14.0. The minimum absolute atomic E-state index is 0.0531. The van der Waals surface area contributed by atoms with Crippen LogP contribution in [0, 0.1) is 22.7 Å². The largest absolute Gasteiger partial charge is 0.508 e. The summed E-state index contributed by atoms with van der Waals surface area (Å²) in [6, 6.07) is 11.2. The molecule has 1 saturated carbocycles. The second-order valence-electron chi connectivity index (χ2n) is 13.3. The van der Waals surface area contributed by atoms with Gasteiger partial charge in [-0.25, -0.2) is 0 Å². The molecule has 0 heterocycles. The number of hydrogen-bond acceptors (Lipinski definition) is 7. The summed E-state index contributed by atoms with van der Waals surface area (Å²) in [5.41, 5.74) is -1.40. The van der Waals surface area contributed by atoms with Crippen molar-refractivity contribution < 1.29 is 34.8 Å². The fraction of sp³-hybridized carbons (Fsp3) is 0.400. The van der Waals surface area contributed by atoms with Gasteiger partial charge in [0.25, 0.3) is 0 Å². The molecule has 42 heavy (non-hydrogen) atoms. The van der Waals surface area contributed by atoms with Crippen molar-refractivity contribution in [2.24, 2.45) is 22.7 Å². The van der Waals surface area contributed by atoms with Gasteiger partial charge in [0.15, 0.2) is 17.2 Å². The van der Waals surface area contributed by atoms with E-state index in [2.05, 4.69) is 6.58 Å². The van der Waals surface area contributed by atoms with Gasteiger partial charge in [0, 0.05) is 22.3 Å². The van der Waals surface area contributed by atoms with Crippen LogP contribution in [0.3, 0.4) is 0 Å². The monoisotopic (exact) mass is 570 g/mol. The zero-order valence-corrected chi connectivity index (χ0v) is 25.0. The van der Waals surface area contributed by atoms with Gasteiger partial charge >= 0.3 is 0 Å². The molecule has 3 aliphatic carbocycles. The van der Waals surface area contributed by atoms with Crippen LogP contribution in [0.4, 0.5) is 0 Å². The van der Waals surface area contributed by atoms with E-state index in [0.717, 1.165) is 35.6 Å². The van der Waals surface area contributed by atoms with Crippen LogP contribution in [0.2, 0.25) is 0 Å². The standard InChI is InChI=1S/C35H38O7/c1-17(2)14-20-8-10-21(11-9-20)22-12-13-24(37)26-23(22)15-33(6)16-34(7)27(18(3)4)29(38)25(19(5)36)31(40)35(34,42)32(41)28(33)30(26)39/h8-13,18,27,37,39-40,42H,1,14-16H2,2-7H3/t27?,33-,34-,35+/m1/s1. The number of fused-ring (bicyclic) bond motifs is 3. The van der Waals surface area contributed by atoms with Crippen molar-refractivity contribution in [3.8, 4) is 16.9 Å². The first-order chi connectivity index (χ1) is 19.5. The number of phenols is 1. The second-order valence-corrected chi connectivity index (χ2v) is 13.3. The van der Waals surface area contributed by atoms with Crippen LogP contribution >= 0.6 is 0 Å². The average molecular weight is 571 g/mol. The van der Waals surface area contributed by atoms with Gasteiger partial charge in [-0.3, -0.25) is 14.4 Å². The number of hydrogen-bond donors (Lipinski definition) is 4. The minimum atomic E-state index is -2.62. The highest BCUT2D eigenvalue weighted by Gasteiger charge is 2.72. The Morgan fingerprint density at radius 3 is 2.19 bits per heavy atom. The van der Waals surface area contributed by atoms with E-state index in [0.29, 0.717) is 5.56 Å². The van der Waals surface area contributed by atoms with Crippen molar-refractivity contribution in [2.45, 2.75) is 66.4 Å². The van der Waals surface area contributed by atoms with E-state index in [1.165, 1.54) is 6.07 Å². The van der Waals surface area contributed by atoms with E-state index in [-0.39, 0.29) is 35.6 Å². The van der Waals surface area contributed by atoms with Crippen LogP contribution in [0.25, 0.3) is 16.9 Å². The second kappa shape index (κ2) is 9.53. The van der Waals surface area contributed by atoms with E-state index in [1.807, 2.05) is 31.2 Å². The Kier molecular flexibility index (Phi) is 6.70. The zero-order chi connectivity index (χ0) is 31.1. The third-order valence-electron chi connectivity index (χ3n) is 9.66. The quantitative estimate of drug-likeness (QED) is 0.257. The van der Waals surface area contributed by atoms with Crippen LogP contribution in [0.5, 0.6) is 5.75 Å². The molecule has 220 valence electrons. The molecule has 0 aliphatic heterocycles. The molecule has 5 rings (SSSR count). The molecule has 7 heteroatoms. The number of aliphatic hydroxyl groups is 3. The molecular formula is C35H38O7. The number of carbonyl (C=O) groups is 3. The maximum absolute atomic E-state index is 14.4. The SMILES string of the molecule is C=C(C)Cc1ccc(-c2ccc(O)c3c2C[C@]2(C)C[C@]4(C)C(C(C)C)C(=O)C(C(C)=O)=C(O)[C@]4(O)C(=O)C2=C3O)cc1. The van der Waals surface area contributed by atoms with Crippen LogP contribution < -0.4 is 0 Å². The van der Waals surface area contributed by atoms with Crippen molar-refractivity contribution in [2.75, 3.05) is 0 Å². The fourth-order valence-electron chi connectivity index (χ4n) is 8.14. The molecule has 3 aliphatic rings. The Hall–Kier alpha value is -3.97. The highest BCUT2D eigenvalue weighted by Crippen LogP contribution is 2.65. The number of aromatic hydroxyl groups is 1. The van der Waals surface area contributed by atoms with Gasteiger partial charge in [-0.05, 0) is 67.3 Å². The summed E-state index contributed by atoms with van der Waals surface area (Å²) < 4.78 is 0. The predicted octanol–water partition coefficient (Wildman–Crippen LogP) is 5.98. The topological polar surface area (TPSA) is 132 Å². The Balaban J connectivity index is 1.76. The number of ketones is 3. The molecule has 0 amide bonds. The Labute approximate surface area is 245 Å². The molecule has 0 aromatic heterocycles. The normalized spacial score (nSPS) is 28.9. The molecule has 2 aromatic carbocycles. The Morgan fingerprint density at radius 1 is 1.02 bits per heavy atom. The van der Waals surface area contributed by atoms with E-state index in [9.17, 15) is 34.8 Å². The van der Waals surface area contributed by atoms with Crippen LogP contribution in [0.15, 0.2) is 65.5 Å². The van der Waals surface area contributed by atoms with Gasteiger partial charge in [0.05, 0.1) is 5.56 Å². The van der Waals surface area contributed by atoms with Gasteiger partial charge in [-0.2, -0.15) is 0 Å². The highest BCUT2D eigenvalue weighted by atomic mass is 16.3. The van der Waals surface area contributed by atoms with Crippen molar-refractivity contribution in [3.63, 3.8) is 0 Å². The first-order valence-corrected chi connectivity index (χ1v) is 14.3. The number of carbonyl (C=O) groups excluding carboxylic acids is 3. The molecule has 7 nitrogen and oxygen atoms in total. The number of benzene rings is 2. The Morgan fingerprint density at radius 2 is 1.64 bits per heavy atom. The first kappa shape index (κ1) is 29.5. The smallest absolute Gasteiger partial charge is 0.203 e. The van der Waals surface area contributed by atoms with E-state index in [4.69, 9.17) is 0 Å². The lowest BCUT2D eigenvalue weighted by atomic mass is 9.43. The molecule has 4 atom stereocenters. The van der Waals surface area contributed by atoms with E-state index in [1.54, 1.807) is 33.8 Å². The molecule has 0 saturated heterocycles. The third-order valence-corrected chi connectivity index (χ3v) is 9.66. The number of phenolic OH excluding ortho intramolecular Hbond substituents is 1. The molecule has 1 unspecified atom stereocenters. The number of rotatable bonds is 5. The lowest BCUT2D eigenvalue weighted by Gasteiger charge is -2.59. The van der Waals surface area contributed by atoms with Gasteiger partial charge in [-0.15, -0.1) is 0 Å². The van der Waals surface area contributed by atoms with Gasteiger partial charge in [0.2, 0.25) is 5.78 Å². The fourth-order valence-corrected chi connectivity index (χ4v) is 8.14. The first-order valence-electron chi connectivity index (χ1n) is 14.3. The highest BCUT2D eigenvalue weighted by molar-refractivity contribution is 6.24. The molecule has 0 radical (unpaired) electrons. The Bertz CT molecular complexity index is 1640. The molecule has 0 spiro atoms. The van der Waals surface area contributed by atoms with E-state index < -0.39 is 56.8 Å². The average Bonchev–Trinajstić information content (AvgIpc) is 2.86. The summed E-state index contributed by atoms with van der Waals surface area (Å²) in [6.07, 6.45) is 1.02. The van der Waals surface area contributed by atoms with Crippen LogP contribution in [-0.2, 0) is 27.2 Å². The van der Waals surface area contributed by atoms with Crippen LogP contribution in [0.1, 0.15) is 64.7 Å². The lowest BCUT2D eigenvalue weighted by molar-refractivity contribution is -0.178. The summed E-state index contributed by atoms with van der Waals surface area (Å²) in [5.74, 6) is -5.31. The molecule has 2 aromatic rings. The van der Waals surface area contributed by atoms with Gasteiger partial charge < -0.3 is 20.4 Å². The lowest BCUT2D eigenvalue weighted by Crippen LogP contribution is -2.69. The molecule has 0 bridgehead atoms. The maximum Gasteiger partial charge on any atom is 0.203 e. The van der Waals surface area contributed by atoms with Crippen molar-refractivity contribution in [1.29, 1.82) is 0 Å². The number of Topliss-reactive ketones (excluding diaryl/α,β-unsaturated/α-hetero) is 3. The summed E-state index contributed by atoms with van der Waals surface area (Å²) in [4.78, 5) is 40.6. The minimum Gasteiger partial charge on any atom is -0.508 e. The van der Waals surface area contributed by atoms with Crippen molar-refractivity contribution >= 4 is 23.1 Å². The van der Waals surface area contributed by atoms with Gasteiger partial charge in [-0.1, -0.05) is 70.2 Å².